The van der Waals surface area contributed by atoms with Crippen molar-refractivity contribution in [2.24, 2.45) is 44.8 Å². The molecule has 8 N–H and O–H groups in total. The van der Waals surface area contributed by atoms with Gasteiger partial charge in [-0.3, -0.25) is 4.79 Å². The normalized spacial score (nSPS) is 55.1. The molecule has 0 spiro atoms. The molecule has 302 valence electrons. The van der Waals surface area contributed by atoms with Gasteiger partial charge in [0.05, 0.1) is 30.3 Å². The van der Waals surface area contributed by atoms with Gasteiger partial charge in [-0.25, -0.2) is 0 Å². The van der Waals surface area contributed by atoms with Crippen LogP contribution in [0.5, 0.6) is 0 Å². The van der Waals surface area contributed by atoms with Crippen molar-refractivity contribution in [3.05, 3.63) is 11.6 Å². The smallest absolute Gasteiger partial charge is 0.310 e. The van der Waals surface area contributed by atoms with Crippen molar-refractivity contribution in [1.82, 2.24) is 0 Å². The fourth-order valence-corrected chi connectivity index (χ4v) is 13.2. The predicted molar refractivity (Wildman–Crippen MR) is 189 cm³/mol. The number of ether oxygens (including phenoxy) is 4. The van der Waals surface area contributed by atoms with Crippen molar-refractivity contribution >= 4 is 5.97 Å². The maximum Gasteiger partial charge on any atom is 0.310 e. The van der Waals surface area contributed by atoms with E-state index in [1.807, 2.05) is 6.92 Å². The monoisotopic (exact) mass is 752 g/mol. The van der Waals surface area contributed by atoms with Crippen LogP contribution in [-0.2, 0) is 23.7 Å². The third-order valence-corrected chi connectivity index (χ3v) is 16.6. The van der Waals surface area contributed by atoms with Crippen LogP contribution in [0.25, 0.3) is 0 Å². The van der Waals surface area contributed by atoms with Gasteiger partial charge in [0.2, 0.25) is 0 Å². The van der Waals surface area contributed by atoms with Crippen LogP contribution < -0.4 is 0 Å². The zero-order valence-electron chi connectivity index (χ0n) is 32.2. The van der Waals surface area contributed by atoms with Crippen LogP contribution in [0.2, 0.25) is 0 Å². The molecule has 13 nitrogen and oxygen atoms in total. The summed E-state index contributed by atoms with van der Waals surface area (Å²) in [6, 6.07) is 0. The highest BCUT2D eigenvalue weighted by atomic mass is 16.8. The molecule has 2 aliphatic heterocycles. The lowest BCUT2D eigenvalue weighted by Crippen LogP contribution is -2.66. The number of carbonyl (C=O) groups is 1. The van der Waals surface area contributed by atoms with E-state index in [1.54, 1.807) is 0 Å². The molecule has 5 aliphatic carbocycles. The number of rotatable bonds is 6. The van der Waals surface area contributed by atoms with Gasteiger partial charge in [0.15, 0.2) is 12.6 Å². The maximum absolute atomic E-state index is 13.0. The molecular formula is C40H64O13. The van der Waals surface area contributed by atoms with E-state index in [0.717, 1.165) is 32.1 Å². The van der Waals surface area contributed by atoms with Crippen molar-refractivity contribution in [3.8, 4) is 0 Å². The molecule has 18 atom stereocenters. The standard InChI is InChI=1S/C40H64O13/c1-35(2)24-9-12-39(6)25(8-7-20-21-17-36(3,49)13-15-40(21,34(47)48)16-14-38(20,39)5)37(24,4)11-10-26(35)52-33-31(29(45)28(44)23(18-41)51-33)53-32-30(46)27(43)22(42)19-50-32/h7,21-33,41-46,49H,8-19H2,1-6H3,(H,47,48)/t21-,22-,23+,24-,25+,26-,27-,28+,29-,30+,31+,32-,33-,36+,37-,38+,39+,40-/m0/s1. The molecule has 6 fully saturated rings. The summed E-state index contributed by atoms with van der Waals surface area (Å²) >= 11 is 0. The highest BCUT2D eigenvalue weighted by molar-refractivity contribution is 5.76. The van der Waals surface area contributed by atoms with Crippen LogP contribution >= 0.6 is 0 Å². The van der Waals surface area contributed by atoms with E-state index >= 15 is 0 Å². The van der Waals surface area contributed by atoms with Crippen LogP contribution in [0.3, 0.4) is 0 Å². The minimum absolute atomic E-state index is 0.0789. The second-order valence-corrected chi connectivity index (χ2v) is 19.6. The van der Waals surface area contributed by atoms with E-state index in [-0.39, 0.29) is 40.8 Å². The Labute approximate surface area is 312 Å². The van der Waals surface area contributed by atoms with Gasteiger partial charge in [-0.2, -0.15) is 0 Å². The van der Waals surface area contributed by atoms with Crippen molar-refractivity contribution in [2.45, 2.75) is 173 Å². The SMILES string of the molecule is CC1(C)[C@@H](O[C@@H]2O[C@H](CO)[C@@H](O)[C@H](O)[C@H]2O[C@@H]2OC[C@H](O)[C@H](O)[C@H]2O)CC[C@]2(C)[C@H]3CC=C4[C@@H]5C[C@](C)(O)CC[C@]5(C(=O)O)CC[C@@]4(C)[C@]3(C)CC[C@@H]12. The third kappa shape index (κ3) is 5.92. The van der Waals surface area contributed by atoms with E-state index in [2.05, 4.69) is 40.7 Å². The van der Waals surface area contributed by atoms with Gasteiger partial charge >= 0.3 is 5.97 Å². The van der Waals surface area contributed by atoms with Crippen LogP contribution in [-0.4, -0.2) is 127 Å². The lowest BCUT2D eigenvalue weighted by atomic mass is 9.33. The Kier molecular flexibility index (Phi) is 10.1. The molecule has 0 amide bonds. The van der Waals surface area contributed by atoms with Crippen LogP contribution in [0.1, 0.15) is 106 Å². The summed E-state index contributed by atoms with van der Waals surface area (Å²) < 4.78 is 24.2. The van der Waals surface area contributed by atoms with Crippen molar-refractivity contribution in [1.29, 1.82) is 0 Å². The molecule has 7 rings (SSSR count). The van der Waals surface area contributed by atoms with E-state index in [1.165, 1.54) is 5.57 Å². The average molecular weight is 753 g/mol. The Morgan fingerprint density at radius 1 is 0.830 bits per heavy atom. The molecule has 2 heterocycles. The molecule has 0 aromatic rings. The molecule has 53 heavy (non-hydrogen) atoms. The molecule has 4 saturated carbocycles. The van der Waals surface area contributed by atoms with Gasteiger partial charge < -0.3 is 59.8 Å². The summed E-state index contributed by atoms with van der Waals surface area (Å²) in [5.41, 5.74) is -1.24. The van der Waals surface area contributed by atoms with Gasteiger partial charge in [0, 0.05) is 0 Å². The van der Waals surface area contributed by atoms with Gasteiger partial charge in [-0.1, -0.05) is 46.3 Å². The average Bonchev–Trinajstić information content (AvgIpc) is 3.08. The zero-order chi connectivity index (χ0) is 38.7. The number of carboxylic acid groups (broad SMARTS) is 1. The molecule has 0 unspecified atom stereocenters. The van der Waals surface area contributed by atoms with Crippen molar-refractivity contribution < 1.29 is 64.6 Å². The molecule has 0 aromatic carbocycles. The summed E-state index contributed by atoms with van der Waals surface area (Å²) in [6.45, 7) is 12.6. The first-order valence-electron chi connectivity index (χ1n) is 19.9. The largest absolute Gasteiger partial charge is 0.481 e. The Morgan fingerprint density at radius 2 is 1.53 bits per heavy atom. The lowest BCUT2D eigenvalue weighted by molar-refractivity contribution is -0.370. The Hall–Kier alpha value is -1.23. The molecule has 0 radical (unpaired) electrons. The predicted octanol–water partition coefficient (Wildman–Crippen LogP) is 2.25. The number of aliphatic hydroxyl groups is 7. The van der Waals surface area contributed by atoms with Crippen molar-refractivity contribution in [3.63, 3.8) is 0 Å². The number of aliphatic hydroxyl groups excluding tert-OH is 6. The Morgan fingerprint density at radius 3 is 2.21 bits per heavy atom. The molecule has 0 aromatic heterocycles. The Bertz CT molecular complexity index is 1430. The van der Waals surface area contributed by atoms with E-state index in [4.69, 9.17) is 18.9 Å². The van der Waals surface area contributed by atoms with Crippen LogP contribution in [0.4, 0.5) is 0 Å². The first-order chi connectivity index (χ1) is 24.7. The Balaban J connectivity index is 1.15. The fraction of sp³-hybridized carbons (Fsp3) is 0.925. The second kappa shape index (κ2) is 13.4. The third-order valence-electron chi connectivity index (χ3n) is 16.6. The summed E-state index contributed by atoms with van der Waals surface area (Å²) in [5, 5.41) is 84.7. The number of allylic oxidation sites excluding steroid dienone is 2. The summed E-state index contributed by atoms with van der Waals surface area (Å²) in [4.78, 5) is 13.0. The number of aliphatic carboxylic acids is 1. The van der Waals surface area contributed by atoms with Gasteiger partial charge in [0.25, 0.3) is 0 Å². The van der Waals surface area contributed by atoms with Gasteiger partial charge in [-0.05, 0) is 111 Å². The van der Waals surface area contributed by atoms with Crippen LogP contribution in [0, 0.1) is 44.8 Å². The molecule has 7 aliphatic rings. The van der Waals surface area contributed by atoms with E-state index < -0.39 is 84.3 Å². The molecule has 2 saturated heterocycles. The number of hydrogen-bond donors (Lipinski definition) is 8. The highest BCUT2D eigenvalue weighted by Crippen LogP contribution is 2.75. The second-order valence-electron chi connectivity index (χ2n) is 19.6. The van der Waals surface area contributed by atoms with Crippen molar-refractivity contribution in [2.75, 3.05) is 13.2 Å². The van der Waals surface area contributed by atoms with E-state index in [0.29, 0.717) is 38.0 Å². The van der Waals surface area contributed by atoms with Gasteiger partial charge in [0.1, 0.15) is 42.7 Å². The minimum atomic E-state index is -1.63. The zero-order valence-corrected chi connectivity index (χ0v) is 32.2. The molecule has 0 bridgehead atoms. The maximum atomic E-state index is 13.0. The highest BCUT2D eigenvalue weighted by Gasteiger charge is 2.70. The number of fused-ring (bicyclic) bond motifs is 7. The topological polar surface area (TPSA) is 216 Å². The minimum Gasteiger partial charge on any atom is -0.481 e. The summed E-state index contributed by atoms with van der Waals surface area (Å²) in [5.74, 6) is -0.366. The summed E-state index contributed by atoms with van der Waals surface area (Å²) in [7, 11) is 0. The van der Waals surface area contributed by atoms with Crippen LogP contribution in [0.15, 0.2) is 11.6 Å². The van der Waals surface area contributed by atoms with E-state index in [9.17, 15) is 45.6 Å². The van der Waals surface area contributed by atoms with Gasteiger partial charge in [-0.15, -0.1) is 0 Å². The number of carboxylic acids is 1. The first kappa shape index (κ1) is 40.0. The lowest BCUT2D eigenvalue weighted by Gasteiger charge is -2.71. The molecule has 13 heteroatoms. The quantitative estimate of drug-likeness (QED) is 0.145. The first-order valence-corrected chi connectivity index (χ1v) is 19.9. The summed E-state index contributed by atoms with van der Waals surface area (Å²) in [6.07, 6.45) is -3.66. The fourth-order valence-electron chi connectivity index (χ4n) is 13.2. The molecular weight excluding hydrogens is 688 g/mol. The number of hydrogen-bond acceptors (Lipinski definition) is 12.